The van der Waals surface area contributed by atoms with Crippen LogP contribution in [0.4, 0.5) is 11.4 Å². The molecule has 1 N–H and O–H groups in total. The first-order valence-electron chi connectivity index (χ1n) is 6.32. The van der Waals surface area contributed by atoms with E-state index in [0.29, 0.717) is 11.4 Å². The monoisotopic (exact) mass is 296 g/mol. The normalized spacial score (nSPS) is 10.1. The van der Waals surface area contributed by atoms with E-state index in [4.69, 9.17) is 10.00 Å². The molecule has 0 radical (unpaired) electrons. The Balaban J connectivity index is 1.96. The molecule has 0 amide bonds. The van der Waals surface area contributed by atoms with Crippen molar-refractivity contribution in [3.05, 3.63) is 64.2 Å². The van der Waals surface area contributed by atoms with Crippen molar-refractivity contribution in [2.24, 2.45) is 5.10 Å². The highest BCUT2D eigenvalue weighted by Crippen LogP contribution is 2.17. The second kappa shape index (κ2) is 7.40. The molecule has 0 atom stereocenters. The van der Waals surface area contributed by atoms with Crippen molar-refractivity contribution in [3.8, 4) is 11.8 Å². The summed E-state index contributed by atoms with van der Waals surface area (Å²) in [4.78, 5) is 10.2. The summed E-state index contributed by atoms with van der Waals surface area (Å²) in [5.74, 6) is 0.602. The molecule has 0 saturated heterocycles. The minimum atomic E-state index is -0.463. The minimum Gasteiger partial charge on any atom is -0.479 e. The Labute approximate surface area is 126 Å². The van der Waals surface area contributed by atoms with E-state index < -0.39 is 4.92 Å². The van der Waals surface area contributed by atoms with Crippen molar-refractivity contribution in [2.75, 3.05) is 12.0 Å². The number of nitrogens with zero attached hydrogens (tertiary/aromatic N) is 3. The number of ether oxygens (including phenoxy) is 1. The van der Waals surface area contributed by atoms with Crippen LogP contribution < -0.4 is 10.2 Å². The van der Waals surface area contributed by atoms with E-state index in [1.807, 2.05) is 6.07 Å². The van der Waals surface area contributed by atoms with Crippen molar-refractivity contribution in [1.82, 2.24) is 0 Å². The fraction of sp³-hybridized carbons (Fsp3) is 0.0667. The molecule has 0 aromatic heterocycles. The SMILES string of the molecule is N#CCOc1ccc(/C=N\Nc2cccc([N+](=O)[O-])c2)cc1. The number of anilines is 1. The molecule has 0 unspecified atom stereocenters. The van der Waals surface area contributed by atoms with Gasteiger partial charge in [-0.3, -0.25) is 15.5 Å². The van der Waals surface area contributed by atoms with Gasteiger partial charge in [-0.25, -0.2) is 0 Å². The van der Waals surface area contributed by atoms with E-state index in [-0.39, 0.29) is 12.3 Å². The minimum absolute atomic E-state index is 0.000746. The molecule has 22 heavy (non-hydrogen) atoms. The van der Waals surface area contributed by atoms with E-state index in [1.165, 1.54) is 12.1 Å². The quantitative estimate of drug-likeness (QED) is 0.501. The van der Waals surface area contributed by atoms with Crippen LogP contribution in [0.1, 0.15) is 5.56 Å². The molecule has 2 aromatic carbocycles. The molecular weight excluding hydrogens is 284 g/mol. The lowest BCUT2D eigenvalue weighted by atomic mass is 10.2. The molecule has 0 bridgehead atoms. The van der Waals surface area contributed by atoms with Gasteiger partial charge >= 0.3 is 0 Å². The van der Waals surface area contributed by atoms with Crippen molar-refractivity contribution in [1.29, 1.82) is 5.26 Å². The number of nitro benzene ring substituents is 1. The Morgan fingerprint density at radius 3 is 2.77 bits per heavy atom. The Kier molecular flexibility index (Phi) is 5.04. The number of nitro groups is 1. The van der Waals surface area contributed by atoms with E-state index in [9.17, 15) is 10.1 Å². The maximum Gasteiger partial charge on any atom is 0.271 e. The van der Waals surface area contributed by atoms with Gasteiger partial charge in [0.15, 0.2) is 6.61 Å². The second-order valence-electron chi connectivity index (χ2n) is 4.19. The average Bonchev–Trinajstić information content (AvgIpc) is 2.54. The zero-order valence-electron chi connectivity index (χ0n) is 11.5. The Morgan fingerprint density at radius 1 is 1.32 bits per heavy atom. The van der Waals surface area contributed by atoms with Crippen LogP contribution in [0.15, 0.2) is 53.6 Å². The Morgan fingerprint density at radius 2 is 2.09 bits per heavy atom. The Bertz CT molecular complexity index is 720. The second-order valence-corrected chi connectivity index (χ2v) is 4.19. The van der Waals surface area contributed by atoms with Gasteiger partial charge in [0.2, 0.25) is 0 Å². The molecule has 0 fully saturated rings. The van der Waals surface area contributed by atoms with Crippen molar-refractivity contribution in [2.45, 2.75) is 0 Å². The van der Waals surface area contributed by atoms with Crippen LogP contribution in [0.3, 0.4) is 0 Å². The van der Waals surface area contributed by atoms with E-state index in [1.54, 1.807) is 42.6 Å². The van der Waals surface area contributed by atoms with Gasteiger partial charge in [0.25, 0.3) is 5.69 Å². The predicted octanol–water partition coefficient (Wildman–Crippen LogP) is 2.94. The summed E-state index contributed by atoms with van der Waals surface area (Å²) >= 11 is 0. The Hall–Kier alpha value is -3.40. The summed E-state index contributed by atoms with van der Waals surface area (Å²) in [5, 5.41) is 23.1. The van der Waals surface area contributed by atoms with Crippen LogP contribution in [0.2, 0.25) is 0 Å². The molecule has 0 aliphatic carbocycles. The van der Waals surface area contributed by atoms with E-state index in [2.05, 4.69) is 10.5 Å². The number of rotatable bonds is 6. The van der Waals surface area contributed by atoms with Gasteiger partial charge in [-0.05, 0) is 35.9 Å². The molecule has 7 nitrogen and oxygen atoms in total. The summed E-state index contributed by atoms with van der Waals surface area (Å²) in [6.07, 6.45) is 1.58. The number of non-ortho nitro benzene ring substituents is 1. The van der Waals surface area contributed by atoms with Gasteiger partial charge in [-0.1, -0.05) is 6.07 Å². The van der Waals surface area contributed by atoms with Crippen molar-refractivity contribution in [3.63, 3.8) is 0 Å². The summed E-state index contributed by atoms with van der Waals surface area (Å²) in [6.45, 7) is 0.00176. The number of hydrogen-bond donors (Lipinski definition) is 1. The largest absolute Gasteiger partial charge is 0.479 e. The highest BCUT2D eigenvalue weighted by molar-refractivity contribution is 5.80. The maximum atomic E-state index is 10.7. The summed E-state index contributed by atoms with van der Waals surface area (Å²) in [5.41, 5.74) is 4.08. The lowest BCUT2D eigenvalue weighted by molar-refractivity contribution is -0.384. The molecule has 110 valence electrons. The highest BCUT2D eigenvalue weighted by atomic mass is 16.6. The number of nitrogens with one attached hydrogen (secondary N) is 1. The molecule has 0 spiro atoms. The van der Waals surface area contributed by atoms with Gasteiger partial charge in [0.1, 0.15) is 11.8 Å². The molecule has 0 aliphatic rings. The molecular formula is C15H12N4O3. The number of hydrazone groups is 1. The standard InChI is InChI=1S/C15H12N4O3/c16-8-9-22-15-6-4-12(5-7-15)11-17-18-13-2-1-3-14(10-13)19(20)21/h1-7,10-11,18H,9H2/b17-11-. The van der Waals surface area contributed by atoms with Crippen LogP contribution in [0, 0.1) is 21.4 Å². The first-order chi connectivity index (χ1) is 10.7. The smallest absolute Gasteiger partial charge is 0.271 e. The lowest BCUT2D eigenvalue weighted by Gasteiger charge is -2.02. The van der Waals surface area contributed by atoms with Gasteiger partial charge < -0.3 is 4.74 Å². The fourth-order valence-electron chi connectivity index (χ4n) is 1.64. The van der Waals surface area contributed by atoms with Crippen LogP contribution in [-0.4, -0.2) is 17.7 Å². The third-order valence-electron chi connectivity index (χ3n) is 2.65. The van der Waals surface area contributed by atoms with E-state index in [0.717, 1.165) is 5.56 Å². The molecule has 2 aromatic rings. The van der Waals surface area contributed by atoms with Crippen molar-refractivity contribution >= 4 is 17.6 Å². The summed E-state index contributed by atoms with van der Waals surface area (Å²) in [7, 11) is 0. The van der Waals surface area contributed by atoms with Gasteiger partial charge in [-0.2, -0.15) is 10.4 Å². The fourth-order valence-corrected chi connectivity index (χ4v) is 1.64. The zero-order chi connectivity index (χ0) is 15.8. The third-order valence-corrected chi connectivity index (χ3v) is 2.65. The summed E-state index contributed by atoms with van der Waals surface area (Å²) in [6, 6.07) is 15.0. The topological polar surface area (TPSA) is 101 Å². The number of hydrogen-bond acceptors (Lipinski definition) is 6. The van der Waals surface area contributed by atoms with E-state index >= 15 is 0 Å². The first kappa shape index (κ1) is 15.0. The van der Waals surface area contributed by atoms with Crippen LogP contribution >= 0.6 is 0 Å². The molecule has 0 heterocycles. The number of benzene rings is 2. The van der Waals surface area contributed by atoms with Gasteiger partial charge in [0, 0.05) is 12.1 Å². The third kappa shape index (κ3) is 4.31. The lowest BCUT2D eigenvalue weighted by Crippen LogP contribution is -1.94. The van der Waals surface area contributed by atoms with Crippen LogP contribution in [0.25, 0.3) is 0 Å². The predicted molar refractivity (Wildman–Crippen MR) is 81.9 cm³/mol. The number of nitriles is 1. The molecule has 0 saturated carbocycles. The molecule has 7 heteroatoms. The zero-order valence-corrected chi connectivity index (χ0v) is 11.5. The van der Waals surface area contributed by atoms with Crippen LogP contribution in [-0.2, 0) is 0 Å². The first-order valence-corrected chi connectivity index (χ1v) is 6.32. The van der Waals surface area contributed by atoms with Crippen molar-refractivity contribution < 1.29 is 9.66 Å². The highest BCUT2D eigenvalue weighted by Gasteiger charge is 2.04. The summed E-state index contributed by atoms with van der Waals surface area (Å²) < 4.78 is 5.13. The molecule has 0 aliphatic heterocycles. The maximum absolute atomic E-state index is 10.7. The van der Waals surface area contributed by atoms with Crippen LogP contribution in [0.5, 0.6) is 5.75 Å². The van der Waals surface area contributed by atoms with Gasteiger partial charge in [-0.15, -0.1) is 0 Å². The average molecular weight is 296 g/mol. The van der Waals surface area contributed by atoms with Gasteiger partial charge in [0.05, 0.1) is 16.8 Å². The molecule has 2 rings (SSSR count).